The van der Waals surface area contributed by atoms with Crippen LogP contribution in [0.4, 0.5) is 0 Å². The van der Waals surface area contributed by atoms with Crippen LogP contribution < -0.4 is 9.47 Å². The largest absolute Gasteiger partial charge is 0.497 e. The Morgan fingerprint density at radius 1 is 1.12 bits per heavy atom. The topological polar surface area (TPSA) is 38.8 Å². The molecule has 3 rings (SSSR count). The molecule has 2 atom stereocenters. The van der Waals surface area contributed by atoms with E-state index >= 15 is 0 Å². The fourth-order valence-electron chi connectivity index (χ4n) is 4.02. The molecule has 1 amide bonds. The summed E-state index contributed by atoms with van der Waals surface area (Å²) in [7, 11) is 3.25. The number of amides is 1. The number of rotatable bonds is 4. The van der Waals surface area contributed by atoms with E-state index in [0.717, 1.165) is 36.7 Å². The Morgan fingerprint density at radius 2 is 1.92 bits per heavy atom. The van der Waals surface area contributed by atoms with Crippen LogP contribution in [0.25, 0.3) is 6.08 Å². The second kappa shape index (κ2) is 7.73. The number of carbonyl (C=O) groups excluding carboxylic acids is 1. The summed E-state index contributed by atoms with van der Waals surface area (Å²) < 4.78 is 10.6. The van der Waals surface area contributed by atoms with E-state index in [-0.39, 0.29) is 5.91 Å². The fraction of sp³-hybridized carbons (Fsp3) is 0.550. The Bertz CT molecular complexity index is 611. The zero-order chi connectivity index (χ0) is 16.9. The van der Waals surface area contributed by atoms with Gasteiger partial charge in [0.25, 0.3) is 0 Å². The van der Waals surface area contributed by atoms with E-state index in [1.807, 2.05) is 29.2 Å². The van der Waals surface area contributed by atoms with Crippen molar-refractivity contribution >= 4 is 12.0 Å². The van der Waals surface area contributed by atoms with Gasteiger partial charge in [0.05, 0.1) is 14.2 Å². The standard InChI is InChI=1S/C20H27NO3/c1-23-18-9-7-16(19(13-18)24-2)8-10-20(22)21-12-11-15-5-3-4-6-17(15)14-21/h7-10,13,15,17H,3-6,11-12,14H2,1-2H3/b10-8+/t15-,17+/m0/s1. The number of benzene rings is 1. The lowest BCUT2D eigenvalue weighted by atomic mass is 9.75. The minimum Gasteiger partial charge on any atom is -0.497 e. The Kier molecular flexibility index (Phi) is 5.44. The molecule has 0 spiro atoms. The molecule has 2 aliphatic rings. The molecule has 0 aromatic heterocycles. The predicted octanol–water partition coefficient (Wildman–Crippen LogP) is 3.76. The summed E-state index contributed by atoms with van der Waals surface area (Å²) in [5.41, 5.74) is 0.888. The van der Waals surface area contributed by atoms with Crippen molar-refractivity contribution in [2.24, 2.45) is 11.8 Å². The lowest BCUT2D eigenvalue weighted by Crippen LogP contribution is -2.44. The molecule has 24 heavy (non-hydrogen) atoms. The molecule has 130 valence electrons. The number of likely N-dealkylation sites (tertiary alicyclic amines) is 1. The maximum atomic E-state index is 12.5. The second-order valence-corrected chi connectivity index (χ2v) is 6.82. The van der Waals surface area contributed by atoms with E-state index in [4.69, 9.17) is 9.47 Å². The molecule has 1 aliphatic carbocycles. The van der Waals surface area contributed by atoms with Crippen molar-refractivity contribution in [3.63, 3.8) is 0 Å². The molecule has 1 heterocycles. The number of ether oxygens (including phenoxy) is 2. The minimum atomic E-state index is 0.108. The van der Waals surface area contributed by atoms with Crippen LogP contribution in [0.15, 0.2) is 24.3 Å². The third-order valence-corrected chi connectivity index (χ3v) is 5.45. The number of fused-ring (bicyclic) bond motifs is 1. The highest BCUT2D eigenvalue weighted by atomic mass is 16.5. The van der Waals surface area contributed by atoms with Gasteiger partial charge < -0.3 is 14.4 Å². The lowest BCUT2D eigenvalue weighted by molar-refractivity contribution is -0.128. The van der Waals surface area contributed by atoms with Gasteiger partial charge in [-0.3, -0.25) is 4.79 Å². The van der Waals surface area contributed by atoms with Crippen molar-refractivity contribution in [1.29, 1.82) is 0 Å². The molecule has 0 unspecified atom stereocenters. The van der Waals surface area contributed by atoms with E-state index in [1.54, 1.807) is 20.3 Å². The first kappa shape index (κ1) is 16.9. The van der Waals surface area contributed by atoms with Gasteiger partial charge in [0.15, 0.2) is 0 Å². The summed E-state index contributed by atoms with van der Waals surface area (Å²) >= 11 is 0. The Morgan fingerprint density at radius 3 is 2.67 bits per heavy atom. The molecule has 1 saturated heterocycles. The molecule has 2 fully saturated rings. The molecular weight excluding hydrogens is 302 g/mol. The van der Waals surface area contributed by atoms with Crippen LogP contribution in [-0.2, 0) is 4.79 Å². The molecule has 1 aromatic rings. The molecule has 0 bridgehead atoms. The molecule has 0 radical (unpaired) electrons. The molecule has 1 aliphatic heterocycles. The smallest absolute Gasteiger partial charge is 0.246 e. The molecule has 4 heteroatoms. The van der Waals surface area contributed by atoms with E-state index < -0.39 is 0 Å². The number of nitrogens with zero attached hydrogens (tertiary/aromatic N) is 1. The molecule has 0 N–H and O–H groups in total. The van der Waals surface area contributed by atoms with Crippen LogP contribution >= 0.6 is 0 Å². The van der Waals surface area contributed by atoms with Gasteiger partial charge in [-0.2, -0.15) is 0 Å². The predicted molar refractivity (Wildman–Crippen MR) is 95.2 cm³/mol. The van der Waals surface area contributed by atoms with Crippen molar-refractivity contribution < 1.29 is 14.3 Å². The lowest BCUT2D eigenvalue weighted by Gasteiger charge is -2.41. The van der Waals surface area contributed by atoms with Crippen LogP contribution in [0.2, 0.25) is 0 Å². The zero-order valence-corrected chi connectivity index (χ0v) is 14.7. The van der Waals surface area contributed by atoms with Crippen LogP contribution in [0.1, 0.15) is 37.7 Å². The van der Waals surface area contributed by atoms with E-state index in [0.29, 0.717) is 11.7 Å². The summed E-state index contributed by atoms with van der Waals surface area (Å²) in [6.07, 6.45) is 10.0. The van der Waals surface area contributed by atoms with Gasteiger partial charge >= 0.3 is 0 Å². The van der Waals surface area contributed by atoms with E-state index in [2.05, 4.69) is 0 Å². The van der Waals surface area contributed by atoms with Crippen LogP contribution in [0.5, 0.6) is 11.5 Å². The van der Waals surface area contributed by atoms with Crippen LogP contribution in [0, 0.1) is 11.8 Å². The fourth-order valence-corrected chi connectivity index (χ4v) is 4.02. The van der Waals surface area contributed by atoms with Crippen molar-refractivity contribution in [2.45, 2.75) is 32.1 Å². The van der Waals surface area contributed by atoms with Crippen LogP contribution in [-0.4, -0.2) is 38.1 Å². The normalized spacial score (nSPS) is 23.8. The summed E-state index contributed by atoms with van der Waals surface area (Å²) in [5.74, 6) is 3.12. The van der Waals surface area contributed by atoms with Gasteiger partial charge in [-0.05, 0) is 42.9 Å². The van der Waals surface area contributed by atoms with Crippen molar-refractivity contribution in [2.75, 3.05) is 27.3 Å². The average molecular weight is 329 g/mol. The van der Waals surface area contributed by atoms with Gasteiger partial charge in [0.2, 0.25) is 5.91 Å². The second-order valence-electron chi connectivity index (χ2n) is 6.82. The van der Waals surface area contributed by atoms with E-state index in [9.17, 15) is 4.79 Å². The first-order chi connectivity index (χ1) is 11.7. The first-order valence-electron chi connectivity index (χ1n) is 8.90. The van der Waals surface area contributed by atoms with Crippen molar-refractivity contribution in [3.8, 4) is 11.5 Å². The Labute approximate surface area is 144 Å². The molecule has 1 saturated carbocycles. The summed E-state index contributed by atoms with van der Waals surface area (Å²) in [6.45, 7) is 1.82. The first-order valence-corrected chi connectivity index (χ1v) is 8.90. The number of hydrogen-bond acceptors (Lipinski definition) is 3. The third kappa shape index (κ3) is 3.74. The Balaban J connectivity index is 1.65. The molecular formula is C20H27NO3. The average Bonchev–Trinajstić information content (AvgIpc) is 2.65. The number of carbonyl (C=O) groups is 1. The highest BCUT2D eigenvalue weighted by Crippen LogP contribution is 2.36. The van der Waals surface area contributed by atoms with Crippen LogP contribution in [0.3, 0.4) is 0 Å². The van der Waals surface area contributed by atoms with Gasteiger partial charge in [-0.15, -0.1) is 0 Å². The van der Waals surface area contributed by atoms with Gasteiger partial charge in [-0.1, -0.05) is 19.3 Å². The van der Waals surface area contributed by atoms with Gasteiger partial charge in [0.1, 0.15) is 11.5 Å². The highest BCUT2D eigenvalue weighted by Gasteiger charge is 2.32. The number of piperidine rings is 1. The quantitative estimate of drug-likeness (QED) is 0.790. The number of hydrogen-bond donors (Lipinski definition) is 0. The monoisotopic (exact) mass is 329 g/mol. The van der Waals surface area contributed by atoms with Gasteiger partial charge in [-0.25, -0.2) is 0 Å². The maximum Gasteiger partial charge on any atom is 0.246 e. The van der Waals surface area contributed by atoms with Gasteiger partial charge in [0, 0.05) is 30.8 Å². The van der Waals surface area contributed by atoms with E-state index in [1.165, 1.54) is 25.7 Å². The summed E-state index contributed by atoms with van der Waals surface area (Å²) in [5, 5.41) is 0. The Hall–Kier alpha value is -1.97. The van der Waals surface area contributed by atoms with Crippen molar-refractivity contribution in [1.82, 2.24) is 4.90 Å². The molecule has 1 aromatic carbocycles. The van der Waals surface area contributed by atoms with Crippen molar-refractivity contribution in [3.05, 3.63) is 29.8 Å². The number of methoxy groups -OCH3 is 2. The SMILES string of the molecule is COc1ccc(/C=C/C(=O)N2CC[C@@H]3CCCC[C@@H]3C2)c(OC)c1. The molecule has 4 nitrogen and oxygen atoms in total. The summed E-state index contributed by atoms with van der Waals surface area (Å²) in [6, 6.07) is 5.62. The zero-order valence-electron chi connectivity index (χ0n) is 14.7. The minimum absolute atomic E-state index is 0.108. The summed E-state index contributed by atoms with van der Waals surface area (Å²) in [4.78, 5) is 14.6. The third-order valence-electron chi connectivity index (χ3n) is 5.45. The highest BCUT2D eigenvalue weighted by molar-refractivity contribution is 5.92. The maximum absolute atomic E-state index is 12.5.